The molecule has 0 aliphatic heterocycles. The maximum Gasteiger partial charge on any atom is 0.471 e. The maximum absolute atomic E-state index is 12.1. The lowest BCUT2D eigenvalue weighted by Crippen LogP contribution is -2.52. The number of carbonyl (C=O) groups excluding carboxylic acids is 1. The van der Waals surface area contributed by atoms with Crippen LogP contribution in [0.2, 0.25) is 0 Å². The molecule has 1 aliphatic carbocycles. The number of halogens is 3. The number of nitrogens with one attached hydrogen (secondary N) is 1. The van der Waals surface area contributed by atoms with Gasteiger partial charge < -0.3 is 10.4 Å². The van der Waals surface area contributed by atoms with Gasteiger partial charge >= 0.3 is 18.1 Å². The molecule has 104 valence electrons. The number of amides is 1. The van der Waals surface area contributed by atoms with Crippen molar-refractivity contribution in [3.63, 3.8) is 0 Å². The van der Waals surface area contributed by atoms with Gasteiger partial charge in [-0.3, -0.25) is 9.59 Å². The summed E-state index contributed by atoms with van der Waals surface area (Å²) in [4.78, 5) is 21.4. The monoisotopic (exact) mass is 267 g/mol. The molecule has 0 aromatic carbocycles. The van der Waals surface area contributed by atoms with E-state index in [1.54, 1.807) is 6.92 Å². The second kappa shape index (κ2) is 5.16. The standard InChI is InChI=1S/C11H16F3NO3/c1-10(15-9(18)11(12,13)14)4-2-7(3-5-10)6-8(16)17/h7H,2-6H2,1H3,(H,15,18)(H,16,17). The third kappa shape index (κ3) is 4.19. The minimum atomic E-state index is -4.87. The zero-order valence-corrected chi connectivity index (χ0v) is 10.0. The summed E-state index contributed by atoms with van der Waals surface area (Å²) >= 11 is 0. The van der Waals surface area contributed by atoms with Crippen molar-refractivity contribution < 1.29 is 27.9 Å². The van der Waals surface area contributed by atoms with Crippen molar-refractivity contribution in [2.45, 2.75) is 50.7 Å². The van der Waals surface area contributed by atoms with Crippen LogP contribution in [0.25, 0.3) is 0 Å². The molecule has 7 heteroatoms. The molecule has 1 saturated carbocycles. The van der Waals surface area contributed by atoms with Crippen LogP contribution in [0.15, 0.2) is 0 Å². The van der Waals surface area contributed by atoms with Gasteiger partial charge in [0.25, 0.3) is 0 Å². The summed E-state index contributed by atoms with van der Waals surface area (Å²) in [5.74, 6) is -2.84. The van der Waals surface area contributed by atoms with Crippen LogP contribution in [0.4, 0.5) is 13.2 Å². The highest BCUT2D eigenvalue weighted by molar-refractivity contribution is 5.82. The Bertz CT molecular complexity index is 333. The highest BCUT2D eigenvalue weighted by Crippen LogP contribution is 2.34. The first-order chi connectivity index (χ1) is 8.12. The second-order valence-electron chi connectivity index (χ2n) is 5.05. The van der Waals surface area contributed by atoms with Crippen molar-refractivity contribution in [1.82, 2.24) is 5.32 Å². The molecule has 1 fully saturated rings. The molecule has 0 atom stereocenters. The number of aliphatic carboxylic acids is 1. The SMILES string of the molecule is CC1(NC(=O)C(F)(F)F)CCC(CC(=O)O)CC1. The van der Waals surface area contributed by atoms with Crippen LogP contribution < -0.4 is 5.32 Å². The van der Waals surface area contributed by atoms with E-state index < -0.39 is 23.6 Å². The van der Waals surface area contributed by atoms with Crippen molar-refractivity contribution in [3.8, 4) is 0 Å². The van der Waals surface area contributed by atoms with Gasteiger partial charge in [-0.25, -0.2) is 0 Å². The van der Waals surface area contributed by atoms with E-state index >= 15 is 0 Å². The fourth-order valence-corrected chi connectivity index (χ4v) is 2.24. The van der Waals surface area contributed by atoms with E-state index in [0.29, 0.717) is 25.7 Å². The zero-order valence-electron chi connectivity index (χ0n) is 10.0. The highest BCUT2D eigenvalue weighted by Gasteiger charge is 2.43. The molecular weight excluding hydrogens is 251 g/mol. The molecule has 0 aromatic heterocycles. The topological polar surface area (TPSA) is 66.4 Å². The third-order valence-electron chi connectivity index (χ3n) is 3.34. The molecule has 0 aromatic rings. The highest BCUT2D eigenvalue weighted by atomic mass is 19.4. The number of rotatable bonds is 3. The average Bonchev–Trinajstić information content (AvgIpc) is 2.19. The van der Waals surface area contributed by atoms with E-state index in [9.17, 15) is 22.8 Å². The summed E-state index contributed by atoms with van der Waals surface area (Å²) in [6.07, 6.45) is -3.08. The number of hydrogen-bond acceptors (Lipinski definition) is 2. The summed E-state index contributed by atoms with van der Waals surface area (Å²) in [7, 11) is 0. The van der Waals surface area contributed by atoms with E-state index in [2.05, 4.69) is 0 Å². The largest absolute Gasteiger partial charge is 0.481 e. The lowest BCUT2D eigenvalue weighted by Gasteiger charge is -2.37. The number of carbonyl (C=O) groups is 2. The fraction of sp³-hybridized carbons (Fsp3) is 0.818. The van der Waals surface area contributed by atoms with Crippen LogP contribution in [0, 0.1) is 5.92 Å². The van der Waals surface area contributed by atoms with Gasteiger partial charge in [0, 0.05) is 12.0 Å². The number of carboxylic acids is 1. The smallest absolute Gasteiger partial charge is 0.471 e. The first-order valence-corrected chi connectivity index (χ1v) is 5.73. The normalized spacial score (nSPS) is 28.8. The lowest BCUT2D eigenvalue weighted by molar-refractivity contribution is -0.176. The molecule has 0 heterocycles. The summed E-state index contributed by atoms with van der Waals surface area (Å²) in [6, 6.07) is 0. The van der Waals surface area contributed by atoms with E-state index in [-0.39, 0.29) is 12.3 Å². The third-order valence-corrected chi connectivity index (χ3v) is 3.34. The van der Waals surface area contributed by atoms with Gasteiger partial charge in [0.05, 0.1) is 0 Å². The van der Waals surface area contributed by atoms with E-state index in [1.165, 1.54) is 0 Å². The minimum absolute atomic E-state index is 0.0154. The Hall–Kier alpha value is -1.27. The zero-order chi connectivity index (χ0) is 14.0. The second-order valence-corrected chi connectivity index (χ2v) is 5.05. The van der Waals surface area contributed by atoms with Crippen molar-refractivity contribution >= 4 is 11.9 Å². The Morgan fingerprint density at radius 2 is 1.83 bits per heavy atom. The van der Waals surface area contributed by atoms with Crippen molar-refractivity contribution in [2.24, 2.45) is 5.92 Å². The molecule has 1 rings (SSSR count). The van der Waals surface area contributed by atoms with Gasteiger partial charge in [-0.2, -0.15) is 13.2 Å². The summed E-state index contributed by atoms with van der Waals surface area (Å²) < 4.78 is 36.4. The molecule has 1 aliphatic rings. The molecule has 4 nitrogen and oxygen atoms in total. The number of alkyl halides is 3. The Labute approximate surface area is 103 Å². The van der Waals surface area contributed by atoms with E-state index in [4.69, 9.17) is 5.11 Å². The van der Waals surface area contributed by atoms with Crippen molar-refractivity contribution in [3.05, 3.63) is 0 Å². The molecular formula is C11H16F3NO3. The molecule has 0 bridgehead atoms. The van der Waals surface area contributed by atoms with Crippen molar-refractivity contribution in [2.75, 3.05) is 0 Å². The van der Waals surface area contributed by atoms with Crippen molar-refractivity contribution in [1.29, 1.82) is 0 Å². The van der Waals surface area contributed by atoms with Gasteiger partial charge in [0.15, 0.2) is 0 Å². The minimum Gasteiger partial charge on any atom is -0.481 e. The Kier molecular flexibility index (Phi) is 4.24. The quantitative estimate of drug-likeness (QED) is 0.822. The van der Waals surface area contributed by atoms with Crippen LogP contribution in [-0.2, 0) is 9.59 Å². The van der Waals surface area contributed by atoms with Gasteiger partial charge in [0.2, 0.25) is 0 Å². The van der Waals surface area contributed by atoms with Crippen LogP contribution >= 0.6 is 0 Å². The molecule has 0 radical (unpaired) electrons. The molecule has 1 amide bonds. The van der Waals surface area contributed by atoms with E-state index in [1.807, 2.05) is 5.32 Å². The predicted octanol–water partition coefficient (Wildman–Crippen LogP) is 2.09. The summed E-state index contributed by atoms with van der Waals surface area (Å²) in [5.41, 5.74) is -0.887. The molecule has 2 N–H and O–H groups in total. The summed E-state index contributed by atoms with van der Waals surface area (Å²) in [6.45, 7) is 1.56. The van der Waals surface area contributed by atoms with E-state index in [0.717, 1.165) is 0 Å². The first kappa shape index (κ1) is 14.8. The number of hydrogen-bond donors (Lipinski definition) is 2. The molecule has 18 heavy (non-hydrogen) atoms. The Balaban J connectivity index is 2.49. The predicted molar refractivity (Wildman–Crippen MR) is 56.8 cm³/mol. The van der Waals surface area contributed by atoms with Gasteiger partial charge in [-0.1, -0.05) is 0 Å². The van der Waals surface area contributed by atoms with Gasteiger partial charge in [-0.05, 0) is 38.5 Å². The van der Waals surface area contributed by atoms with Gasteiger partial charge in [-0.15, -0.1) is 0 Å². The van der Waals surface area contributed by atoms with Crippen LogP contribution in [0.3, 0.4) is 0 Å². The number of carboxylic acid groups (broad SMARTS) is 1. The Morgan fingerprint density at radius 3 is 2.22 bits per heavy atom. The molecule has 0 spiro atoms. The molecule has 0 saturated heterocycles. The molecule has 0 unspecified atom stereocenters. The fourth-order valence-electron chi connectivity index (χ4n) is 2.24. The maximum atomic E-state index is 12.1. The van der Waals surface area contributed by atoms with Gasteiger partial charge in [0.1, 0.15) is 0 Å². The average molecular weight is 267 g/mol. The van der Waals surface area contributed by atoms with Crippen LogP contribution in [0.1, 0.15) is 39.0 Å². The lowest BCUT2D eigenvalue weighted by atomic mass is 9.76. The van der Waals surface area contributed by atoms with Crippen LogP contribution in [0.5, 0.6) is 0 Å². The summed E-state index contributed by atoms with van der Waals surface area (Å²) in [5, 5.41) is 10.6. The van der Waals surface area contributed by atoms with Crippen LogP contribution in [-0.4, -0.2) is 28.7 Å². The Morgan fingerprint density at radius 1 is 1.33 bits per heavy atom. The first-order valence-electron chi connectivity index (χ1n) is 5.73.